The molecule has 0 bridgehead atoms. The Morgan fingerprint density at radius 2 is 1.57 bits per heavy atom. The van der Waals surface area contributed by atoms with Crippen molar-refractivity contribution >= 4 is 15.6 Å². The summed E-state index contributed by atoms with van der Waals surface area (Å²) in [5.74, 6) is -2.44. The van der Waals surface area contributed by atoms with Crippen molar-refractivity contribution in [3.8, 4) is 0 Å². The molecule has 1 aliphatic carbocycles. The third kappa shape index (κ3) is 5.41. The first kappa shape index (κ1) is 26.8. The first-order valence-electron chi connectivity index (χ1n) is 11.1. The van der Waals surface area contributed by atoms with Gasteiger partial charge in [0.2, 0.25) is 0 Å². The number of aryl methyl sites for hydroxylation is 1. The van der Waals surface area contributed by atoms with E-state index in [1.807, 2.05) is 0 Å². The molecule has 0 radical (unpaired) electrons. The van der Waals surface area contributed by atoms with Crippen molar-refractivity contribution in [2.45, 2.75) is 48.2 Å². The van der Waals surface area contributed by atoms with Crippen LogP contribution in [-0.4, -0.2) is 14.2 Å². The number of sulfone groups is 1. The minimum atomic E-state index is -4.95. The Morgan fingerprint density at radius 1 is 0.892 bits per heavy atom. The second-order valence-electron chi connectivity index (χ2n) is 8.74. The molecule has 1 aliphatic rings. The van der Waals surface area contributed by atoms with Crippen molar-refractivity contribution in [3.05, 3.63) is 99.9 Å². The topological polar surface area (TPSA) is 51.2 Å². The Balaban J connectivity index is 1.68. The fourth-order valence-corrected chi connectivity index (χ4v) is 6.43. The number of fused-ring (bicyclic) bond motifs is 1. The van der Waals surface area contributed by atoms with Gasteiger partial charge in [-0.1, -0.05) is 24.3 Å². The molecule has 0 aliphatic heterocycles. The van der Waals surface area contributed by atoms with Crippen LogP contribution in [0.4, 0.5) is 30.7 Å². The van der Waals surface area contributed by atoms with Gasteiger partial charge in [0, 0.05) is 6.42 Å². The quantitative estimate of drug-likeness (QED) is 0.254. The number of rotatable bonds is 5. The standard InChI is InChI=1S/C26H19F7O3S/c27-21-5-2-4-20(26(31,32)33)24(21)22(34)14-15-7-8-16-3-1-6-23(19(16)13-15)37(35,36)18-11-9-17(10-12-18)25(28,29)30/h2,4-5,7-13,23H,1,3,6,14H2. The molecule has 0 saturated heterocycles. The molecule has 37 heavy (non-hydrogen) atoms. The molecule has 0 N–H and O–H groups in total. The smallest absolute Gasteiger partial charge is 0.294 e. The van der Waals surface area contributed by atoms with Gasteiger partial charge in [-0.3, -0.25) is 4.79 Å². The molecule has 0 fully saturated rings. The maximum atomic E-state index is 14.2. The molecule has 0 spiro atoms. The molecule has 0 amide bonds. The monoisotopic (exact) mass is 544 g/mol. The first-order chi connectivity index (χ1) is 17.2. The van der Waals surface area contributed by atoms with Gasteiger partial charge in [-0.2, -0.15) is 26.3 Å². The molecule has 0 saturated carbocycles. The Labute approximate surface area is 207 Å². The van der Waals surface area contributed by atoms with Gasteiger partial charge in [0.05, 0.1) is 26.8 Å². The molecule has 1 atom stereocenters. The van der Waals surface area contributed by atoms with E-state index in [4.69, 9.17) is 0 Å². The maximum Gasteiger partial charge on any atom is 0.417 e. The van der Waals surface area contributed by atoms with Crippen LogP contribution in [0.25, 0.3) is 0 Å². The third-order valence-corrected chi connectivity index (χ3v) is 8.48. The molecule has 3 nitrogen and oxygen atoms in total. The van der Waals surface area contributed by atoms with Crippen LogP contribution in [-0.2, 0) is 35.0 Å². The van der Waals surface area contributed by atoms with E-state index < -0.39 is 62.2 Å². The fourth-order valence-electron chi connectivity index (χ4n) is 4.55. The molecular weight excluding hydrogens is 525 g/mol. The fraction of sp³-hybridized carbons (Fsp3) is 0.269. The molecule has 3 aromatic rings. The highest BCUT2D eigenvalue weighted by Gasteiger charge is 2.37. The molecule has 0 heterocycles. The number of Topliss-reactive ketones (excluding diaryl/α,β-unsaturated/α-hetero) is 1. The van der Waals surface area contributed by atoms with Gasteiger partial charge in [0.1, 0.15) is 5.82 Å². The van der Waals surface area contributed by atoms with Crippen LogP contribution in [0.15, 0.2) is 65.6 Å². The minimum Gasteiger partial charge on any atom is -0.294 e. The molecule has 4 rings (SSSR count). The summed E-state index contributed by atoms with van der Waals surface area (Å²) in [6, 6.07) is 9.77. The van der Waals surface area contributed by atoms with Crippen molar-refractivity contribution in [2.24, 2.45) is 0 Å². The van der Waals surface area contributed by atoms with Crippen LogP contribution in [0.5, 0.6) is 0 Å². The minimum absolute atomic E-state index is 0.166. The van der Waals surface area contributed by atoms with Crippen molar-refractivity contribution in [2.75, 3.05) is 0 Å². The van der Waals surface area contributed by atoms with E-state index in [-0.39, 0.29) is 16.9 Å². The Morgan fingerprint density at radius 3 is 2.19 bits per heavy atom. The summed E-state index contributed by atoms with van der Waals surface area (Å²) in [5, 5.41) is -1.12. The molecular formula is C26H19F7O3S. The number of hydrogen-bond acceptors (Lipinski definition) is 3. The summed E-state index contributed by atoms with van der Waals surface area (Å²) in [6.45, 7) is 0. The van der Waals surface area contributed by atoms with Crippen LogP contribution in [0.3, 0.4) is 0 Å². The molecule has 11 heteroatoms. The van der Waals surface area contributed by atoms with E-state index in [1.54, 1.807) is 6.07 Å². The van der Waals surface area contributed by atoms with Crippen LogP contribution in [0.1, 0.15) is 56.3 Å². The van der Waals surface area contributed by atoms with Gasteiger partial charge in [-0.05, 0) is 72.4 Å². The zero-order valence-electron chi connectivity index (χ0n) is 19.0. The number of alkyl halides is 6. The summed E-state index contributed by atoms with van der Waals surface area (Å²) in [4.78, 5) is 12.4. The van der Waals surface area contributed by atoms with Gasteiger partial charge in [0.25, 0.3) is 0 Å². The molecule has 0 aromatic heterocycles. The number of halogens is 7. The predicted molar refractivity (Wildman–Crippen MR) is 120 cm³/mol. The summed E-state index contributed by atoms with van der Waals surface area (Å²) in [6.07, 6.45) is -9.03. The van der Waals surface area contributed by atoms with Crippen LogP contribution >= 0.6 is 0 Å². The lowest BCUT2D eigenvalue weighted by molar-refractivity contribution is -0.138. The van der Waals surface area contributed by atoms with Crippen molar-refractivity contribution < 1.29 is 43.9 Å². The van der Waals surface area contributed by atoms with Crippen LogP contribution in [0.2, 0.25) is 0 Å². The van der Waals surface area contributed by atoms with E-state index in [0.29, 0.717) is 42.2 Å². The Kier molecular flexibility index (Phi) is 6.96. The van der Waals surface area contributed by atoms with Gasteiger partial charge in [-0.15, -0.1) is 0 Å². The molecule has 3 aromatic carbocycles. The lowest BCUT2D eigenvalue weighted by Gasteiger charge is -2.26. The number of hydrogen-bond donors (Lipinski definition) is 0. The van der Waals surface area contributed by atoms with E-state index in [2.05, 4.69) is 0 Å². The average molecular weight is 544 g/mol. The molecule has 196 valence electrons. The molecule has 1 unspecified atom stereocenters. The summed E-state index contributed by atoms with van der Waals surface area (Å²) in [5.41, 5.74) is -2.34. The zero-order chi connectivity index (χ0) is 27.2. The van der Waals surface area contributed by atoms with E-state index >= 15 is 0 Å². The van der Waals surface area contributed by atoms with Gasteiger partial charge in [-0.25, -0.2) is 12.8 Å². The summed E-state index contributed by atoms with van der Waals surface area (Å²) in [7, 11) is -4.13. The highest BCUT2D eigenvalue weighted by atomic mass is 32.2. The van der Waals surface area contributed by atoms with Gasteiger partial charge >= 0.3 is 12.4 Å². The lowest BCUT2D eigenvalue weighted by Crippen LogP contribution is -2.20. The van der Waals surface area contributed by atoms with Gasteiger partial charge in [0.15, 0.2) is 15.6 Å². The number of ketones is 1. The Hall–Kier alpha value is -3.21. The second-order valence-corrected chi connectivity index (χ2v) is 10.9. The SMILES string of the molecule is O=C(Cc1ccc2c(c1)C(S(=O)(=O)c1ccc(C(F)(F)F)cc1)CCC2)c1c(F)cccc1C(F)(F)F. The van der Waals surface area contributed by atoms with E-state index in [1.165, 1.54) is 12.1 Å². The zero-order valence-corrected chi connectivity index (χ0v) is 19.8. The normalized spacial score (nSPS) is 16.4. The Bertz CT molecular complexity index is 1440. The second kappa shape index (κ2) is 9.59. The maximum absolute atomic E-state index is 14.2. The van der Waals surface area contributed by atoms with Crippen LogP contribution < -0.4 is 0 Å². The highest BCUT2D eigenvalue weighted by molar-refractivity contribution is 7.91. The van der Waals surface area contributed by atoms with Crippen LogP contribution in [0, 0.1) is 5.82 Å². The first-order valence-corrected chi connectivity index (χ1v) is 12.7. The lowest BCUT2D eigenvalue weighted by atomic mass is 9.88. The third-order valence-electron chi connectivity index (χ3n) is 6.32. The van der Waals surface area contributed by atoms with Crippen molar-refractivity contribution in [1.82, 2.24) is 0 Å². The van der Waals surface area contributed by atoms with Crippen molar-refractivity contribution in [3.63, 3.8) is 0 Å². The largest absolute Gasteiger partial charge is 0.417 e. The van der Waals surface area contributed by atoms with E-state index in [9.17, 15) is 43.9 Å². The van der Waals surface area contributed by atoms with Gasteiger partial charge < -0.3 is 0 Å². The number of benzene rings is 3. The predicted octanol–water partition coefficient (Wildman–Crippen LogP) is 7.14. The summed E-state index contributed by atoms with van der Waals surface area (Å²) < 4.78 is 120. The van der Waals surface area contributed by atoms with Crippen molar-refractivity contribution in [1.29, 1.82) is 0 Å². The average Bonchev–Trinajstić information content (AvgIpc) is 2.82. The number of carbonyl (C=O) groups is 1. The highest BCUT2D eigenvalue weighted by Crippen LogP contribution is 2.40. The van der Waals surface area contributed by atoms with E-state index in [0.717, 1.165) is 24.3 Å². The summed E-state index contributed by atoms with van der Waals surface area (Å²) >= 11 is 0. The number of carbonyl (C=O) groups excluding carboxylic acids is 1.